The van der Waals surface area contributed by atoms with Crippen LogP contribution in [0.5, 0.6) is 0 Å². The van der Waals surface area contributed by atoms with Gasteiger partial charge in [-0.3, -0.25) is 4.79 Å². The standard InChI is InChI=1S/C4H2Cl4FNO/c5-2(1-9)10-3(11)4(6,7)8/h1H2. The summed E-state index contributed by atoms with van der Waals surface area (Å²) in [5, 5.41) is -0.540. The molecule has 0 saturated heterocycles. The zero-order chi connectivity index (χ0) is 9.07. The van der Waals surface area contributed by atoms with Gasteiger partial charge in [0.15, 0.2) is 0 Å². The molecule has 0 atom stereocenters. The number of amides is 1. The van der Waals surface area contributed by atoms with Crippen LogP contribution in [0.25, 0.3) is 0 Å². The van der Waals surface area contributed by atoms with E-state index in [0.29, 0.717) is 0 Å². The Morgan fingerprint density at radius 3 is 2.18 bits per heavy atom. The number of alkyl halides is 4. The van der Waals surface area contributed by atoms with Crippen molar-refractivity contribution in [3.8, 4) is 0 Å². The first-order chi connectivity index (χ1) is 4.88. The third kappa shape index (κ3) is 4.80. The third-order valence-corrected chi connectivity index (χ3v) is 1.25. The van der Waals surface area contributed by atoms with Gasteiger partial charge in [0.05, 0.1) is 0 Å². The molecule has 1 amide bonds. The molecule has 0 heterocycles. The number of aliphatic imine (C=N–C) groups is 1. The zero-order valence-corrected chi connectivity index (χ0v) is 7.98. The second-order valence-corrected chi connectivity index (χ2v) is 4.14. The predicted molar refractivity (Wildman–Crippen MR) is 44.6 cm³/mol. The second kappa shape index (κ2) is 4.45. The monoisotopic (exact) mass is 239 g/mol. The van der Waals surface area contributed by atoms with Gasteiger partial charge in [-0.1, -0.05) is 46.4 Å². The molecular formula is C4H2Cl4FNO. The molecule has 0 aromatic heterocycles. The Hall–Kier alpha value is 0.430. The van der Waals surface area contributed by atoms with Crippen molar-refractivity contribution in [3.05, 3.63) is 0 Å². The van der Waals surface area contributed by atoms with Gasteiger partial charge in [-0.15, -0.1) is 0 Å². The van der Waals surface area contributed by atoms with Crippen LogP contribution in [0.15, 0.2) is 4.99 Å². The Kier molecular flexibility index (Phi) is 4.63. The quantitative estimate of drug-likeness (QED) is 0.512. The van der Waals surface area contributed by atoms with E-state index in [2.05, 4.69) is 4.99 Å². The lowest BCUT2D eigenvalue weighted by Gasteiger charge is -2.03. The summed E-state index contributed by atoms with van der Waals surface area (Å²) in [4.78, 5) is 13.5. The smallest absolute Gasteiger partial charge is 0.268 e. The highest BCUT2D eigenvalue weighted by Crippen LogP contribution is 2.27. The van der Waals surface area contributed by atoms with E-state index in [1.54, 1.807) is 0 Å². The summed E-state index contributed by atoms with van der Waals surface area (Å²) in [5.41, 5.74) is 0. The maximum atomic E-state index is 11.6. The molecule has 0 aromatic carbocycles. The van der Waals surface area contributed by atoms with E-state index in [0.717, 1.165) is 0 Å². The van der Waals surface area contributed by atoms with Gasteiger partial charge in [-0.25, -0.2) is 4.39 Å². The molecule has 0 fully saturated rings. The minimum atomic E-state index is -2.17. The SMILES string of the molecule is O=C(N=C(Cl)CF)C(Cl)(Cl)Cl. The van der Waals surface area contributed by atoms with Gasteiger partial charge in [0.1, 0.15) is 11.8 Å². The van der Waals surface area contributed by atoms with Crippen LogP contribution in [0.4, 0.5) is 4.39 Å². The summed E-state index contributed by atoms with van der Waals surface area (Å²) in [5.74, 6) is -1.11. The molecule has 0 N–H and O–H groups in total. The minimum absolute atomic E-state index is 0.540. The molecule has 0 unspecified atom stereocenters. The highest BCUT2D eigenvalue weighted by atomic mass is 35.6. The van der Waals surface area contributed by atoms with E-state index >= 15 is 0 Å². The Balaban J connectivity index is 4.30. The van der Waals surface area contributed by atoms with Gasteiger partial charge in [-0.2, -0.15) is 4.99 Å². The summed E-state index contributed by atoms with van der Waals surface area (Å²) in [7, 11) is 0. The largest absolute Gasteiger partial charge is 0.298 e. The van der Waals surface area contributed by atoms with Crippen molar-refractivity contribution in [2.45, 2.75) is 3.79 Å². The van der Waals surface area contributed by atoms with Crippen LogP contribution in [0.2, 0.25) is 0 Å². The molecular weight excluding hydrogens is 239 g/mol. The van der Waals surface area contributed by atoms with Crippen molar-refractivity contribution in [1.82, 2.24) is 0 Å². The van der Waals surface area contributed by atoms with Gasteiger partial charge in [0.25, 0.3) is 9.70 Å². The zero-order valence-electron chi connectivity index (χ0n) is 4.95. The summed E-state index contributed by atoms with van der Waals surface area (Å²) < 4.78 is 9.42. The fourth-order valence-electron chi connectivity index (χ4n) is 0.203. The van der Waals surface area contributed by atoms with E-state index in [-0.39, 0.29) is 0 Å². The lowest BCUT2D eigenvalue weighted by molar-refractivity contribution is -0.116. The first kappa shape index (κ1) is 11.4. The van der Waals surface area contributed by atoms with Crippen LogP contribution in [-0.4, -0.2) is 21.5 Å². The summed E-state index contributed by atoms with van der Waals surface area (Å²) in [6.07, 6.45) is 0. The Morgan fingerprint density at radius 1 is 1.45 bits per heavy atom. The summed E-state index contributed by atoms with van der Waals surface area (Å²) in [6.45, 7) is -1.06. The predicted octanol–water partition coefficient (Wildman–Crippen LogP) is 2.49. The Labute approximate surface area is 82.3 Å². The molecule has 0 aromatic rings. The van der Waals surface area contributed by atoms with Gasteiger partial charge in [0, 0.05) is 0 Å². The molecule has 0 aliphatic heterocycles. The lowest BCUT2D eigenvalue weighted by atomic mass is 10.7. The fourth-order valence-corrected chi connectivity index (χ4v) is 0.407. The molecule has 0 aliphatic rings. The number of nitrogens with zero attached hydrogens (tertiary/aromatic N) is 1. The molecule has 0 bridgehead atoms. The van der Waals surface area contributed by atoms with Crippen LogP contribution in [-0.2, 0) is 4.79 Å². The van der Waals surface area contributed by atoms with E-state index in [9.17, 15) is 9.18 Å². The number of hydrogen-bond donors (Lipinski definition) is 0. The Bertz CT molecular complexity index is 187. The first-order valence-corrected chi connectivity index (χ1v) is 3.79. The Morgan fingerprint density at radius 2 is 1.91 bits per heavy atom. The van der Waals surface area contributed by atoms with E-state index in [1.165, 1.54) is 0 Å². The number of carbonyl (C=O) groups is 1. The molecule has 0 spiro atoms. The maximum absolute atomic E-state index is 11.6. The molecule has 0 saturated carbocycles. The average molecular weight is 241 g/mol. The van der Waals surface area contributed by atoms with Crippen molar-refractivity contribution < 1.29 is 9.18 Å². The number of carbonyl (C=O) groups excluding carboxylic acids is 1. The lowest BCUT2D eigenvalue weighted by Crippen LogP contribution is -2.17. The van der Waals surface area contributed by atoms with Crippen LogP contribution < -0.4 is 0 Å². The number of halogens is 5. The van der Waals surface area contributed by atoms with Gasteiger partial charge >= 0.3 is 0 Å². The molecule has 11 heavy (non-hydrogen) atoms. The molecule has 0 aliphatic carbocycles. The molecule has 0 radical (unpaired) electrons. The maximum Gasteiger partial charge on any atom is 0.298 e. The highest BCUT2D eigenvalue weighted by Gasteiger charge is 2.30. The normalized spacial score (nSPS) is 13.4. The molecule has 7 heteroatoms. The van der Waals surface area contributed by atoms with E-state index in [1.807, 2.05) is 0 Å². The van der Waals surface area contributed by atoms with E-state index in [4.69, 9.17) is 46.4 Å². The molecule has 64 valence electrons. The van der Waals surface area contributed by atoms with Gasteiger partial charge < -0.3 is 0 Å². The molecule has 0 rings (SSSR count). The van der Waals surface area contributed by atoms with Crippen LogP contribution >= 0.6 is 46.4 Å². The van der Waals surface area contributed by atoms with Crippen molar-refractivity contribution in [2.24, 2.45) is 4.99 Å². The number of hydrogen-bond acceptors (Lipinski definition) is 1. The van der Waals surface area contributed by atoms with Crippen LogP contribution in [0, 0.1) is 0 Å². The van der Waals surface area contributed by atoms with Crippen LogP contribution in [0.3, 0.4) is 0 Å². The highest BCUT2D eigenvalue weighted by molar-refractivity contribution is 6.77. The van der Waals surface area contributed by atoms with Gasteiger partial charge in [-0.05, 0) is 0 Å². The minimum Gasteiger partial charge on any atom is -0.268 e. The van der Waals surface area contributed by atoms with Crippen molar-refractivity contribution in [2.75, 3.05) is 6.67 Å². The number of rotatable bonds is 1. The van der Waals surface area contributed by atoms with E-state index < -0.39 is 21.5 Å². The summed E-state index contributed by atoms with van der Waals surface area (Å²) >= 11 is 20.3. The second-order valence-electron chi connectivity index (χ2n) is 1.42. The van der Waals surface area contributed by atoms with Gasteiger partial charge in [0.2, 0.25) is 0 Å². The molecule has 2 nitrogen and oxygen atoms in total. The third-order valence-electron chi connectivity index (χ3n) is 0.576. The summed E-state index contributed by atoms with van der Waals surface area (Å²) in [6, 6.07) is 0. The fraction of sp³-hybridized carbons (Fsp3) is 0.500. The average Bonchev–Trinajstić information content (AvgIpc) is 1.85. The van der Waals surface area contributed by atoms with Crippen molar-refractivity contribution in [3.63, 3.8) is 0 Å². The first-order valence-electron chi connectivity index (χ1n) is 2.28. The van der Waals surface area contributed by atoms with Crippen molar-refractivity contribution >= 4 is 57.5 Å². The van der Waals surface area contributed by atoms with Crippen molar-refractivity contribution in [1.29, 1.82) is 0 Å². The van der Waals surface area contributed by atoms with Crippen LogP contribution in [0.1, 0.15) is 0 Å². The topological polar surface area (TPSA) is 29.4 Å².